The molecule has 3 aromatic rings. The van der Waals surface area contributed by atoms with E-state index in [1.165, 1.54) is 0 Å². The molecular weight excluding hydrogens is 488 g/mol. The van der Waals surface area contributed by atoms with Crippen LogP contribution in [0.5, 0.6) is 0 Å². The van der Waals surface area contributed by atoms with Gasteiger partial charge in [-0.15, -0.1) is 0 Å². The van der Waals surface area contributed by atoms with E-state index in [2.05, 4.69) is 16.0 Å². The van der Waals surface area contributed by atoms with Crippen molar-refractivity contribution in [1.82, 2.24) is 9.97 Å². The summed E-state index contributed by atoms with van der Waals surface area (Å²) in [6, 6.07) is 14.8. The van der Waals surface area contributed by atoms with E-state index in [1.54, 1.807) is 38.2 Å². The highest BCUT2D eigenvalue weighted by molar-refractivity contribution is 7.92. The van der Waals surface area contributed by atoms with Crippen molar-refractivity contribution >= 4 is 15.4 Å². The second kappa shape index (κ2) is 10.2. The number of aliphatic hydroxyl groups is 2. The number of sulfone groups is 1. The first-order valence-corrected chi connectivity index (χ1v) is 14.4. The Morgan fingerprint density at radius 1 is 1.05 bits per heavy atom. The van der Waals surface area contributed by atoms with Gasteiger partial charge >= 0.3 is 0 Å². The zero-order valence-corrected chi connectivity index (χ0v) is 22.0. The molecule has 8 heteroatoms. The Morgan fingerprint density at radius 3 is 2.35 bits per heavy atom. The highest BCUT2D eigenvalue weighted by Gasteiger charge is 2.36. The fourth-order valence-corrected chi connectivity index (χ4v) is 6.35. The number of ether oxygens (including phenoxy) is 1. The molecule has 3 heterocycles. The van der Waals surface area contributed by atoms with Gasteiger partial charge < -0.3 is 19.9 Å². The molecule has 0 spiro atoms. The van der Waals surface area contributed by atoms with Crippen LogP contribution in [0.25, 0.3) is 17.0 Å². The standard InChI is InChI=1S/C29H34N2O5S/c1-29(2,33)28(32)21-5-10-26(30-18-21)27-12-11-25(31-27)24(17-19-13-15-36-16-14-19)20-3-6-22(7-4-20)37(34,35)23-8-9-23/h3-7,10-12,17-19,23,28,31-33H,8-9,13-16H2,1-2H3. The third-order valence-corrected chi connectivity index (χ3v) is 9.43. The van der Waals surface area contributed by atoms with Crippen LogP contribution in [0.3, 0.4) is 0 Å². The van der Waals surface area contributed by atoms with E-state index in [-0.39, 0.29) is 5.25 Å². The van der Waals surface area contributed by atoms with Crippen LogP contribution in [0.1, 0.15) is 62.5 Å². The molecule has 3 N–H and O–H groups in total. The molecule has 1 atom stereocenters. The second-order valence-electron chi connectivity index (χ2n) is 10.6. The number of aromatic amines is 1. The number of pyridine rings is 1. The van der Waals surface area contributed by atoms with E-state index < -0.39 is 21.5 Å². The number of hydrogen-bond donors (Lipinski definition) is 3. The van der Waals surface area contributed by atoms with E-state index in [0.717, 1.165) is 61.4 Å². The summed E-state index contributed by atoms with van der Waals surface area (Å²) in [6.07, 6.45) is 6.19. The Bertz CT molecular complexity index is 1360. The molecule has 1 aliphatic carbocycles. The van der Waals surface area contributed by atoms with E-state index >= 15 is 0 Å². The molecular formula is C29H34N2O5S. The molecule has 0 radical (unpaired) electrons. The summed E-state index contributed by atoms with van der Waals surface area (Å²) in [5.74, 6) is 0.367. The summed E-state index contributed by atoms with van der Waals surface area (Å²) in [7, 11) is -3.24. The Kier molecular flexibility index (Phi) is 7.11. The molecule has 2 aliphatic rings. The van der Waals surface area contributed by atoms with Crippen LogP contribution in [0.4, 0.5) is 0 Å². The zero-order chi connectivity index (χ0) is 26.2. The first kappa shape index (κ1) is 25.9. The number of allylic oxidation sites excluding steroid dienone is 1. The third-order valence-electron chi connectivity index (χ3n) is 7.15. The van der Waals surface area contributed by atoms with Crippen LogP contribution in [0, 0.1) is 5.92 Å². The lowest BCUT2D eigenvalue weighted by molar-refractivity contribution is -0.0498. The minimum atomic E-state index is -3.24. The lowest BCUT2D eigenvalue weighted by Crippen LogP contribution is -2.28. The molecule has 2 aromatic heterocycles. The van der Waals surface area contributed by atoms with Gasteiger partial charge in [0.25, 0.3) is 0 Å². The van der Waals surface area contributed by atoms with E-state index in [4.69, 9.17) is 4.74 Å². The molecule has 5 rings (SSSR count). The molecule has 1 saturated carbocycles. The molecule has 2 fully saturated rings. The third kappa shape index (κ3) is 5.72. The van der Waals surface area contributed by atoms with E-state index in [0.29, 0.717) is 22.1 Å². The van der Waals surface area contributed by atoms with Gasteiger partial charge in [0.1, 0.15) is 6.10 Å². The lowest BCUT2D eigenvalue weighted by atomic mass is 9.93. The van der Waals surface area contributed by atoms with Gasteiger partial charge in [0, 0.05) is 36.2 Å². The summed E-state index contributed by atoms with van der Waals surface area (Å²) in [4.78, 5) is 8.36. The topological polar surface area (TPSA) is 113 Å². The van der Waals surface area contributed by atoms with Crippen LogP contribution in [0.15, 0.2) is 65.7 Å². The minimum Gasteiger partial charge on any atom is -0.387 e. The van der Waals surface area contributed by atoms with Gasteiger partial charge in [0.15, 0.2) is 9.84 Å². The van der Waals surface area contributed by atoms with Gasteiger partial charge in [0.2, 0.25) is 0 Å². The summed E-state index contributed by atoms with van der Waals surface area (Å²) in [5.41, 5.74) is 3.71. The summed E-state index contributed by atoms with van der Waals surface area (Å²) in [5, 5.41) is 20.2. The van der Waals surface area contributed by atoms with Crippen molar-refractivity contribution < 1.29 is 23.4 Å². The number of hydrogen-bond acceptors (Lipinski definition) is 6. The Balaban J connectivity index is 1.45. The lowest BCUT2D eigenvalue weighted by Gasteiger charge is -2.24. The van der Waals surface area contributed by atoms with Crippen molar-refractivity contribution in [1.29, 1.82) is 0 Å². The molecule has 1 aromatic carbocycles. The van der Waals surface area contributed by atoms with Crippen molar-refractivity contribution in [2.24, 2.45) is 5.92 Å². The molecule has 7 nitrogen and oxygen atoms in total. The van der Waals surface area contributed by atoms with Crippen LogP contribution < -0.4 is 0 Å². The number of aliphatic hydroxyl groups excluding tert-OH is 1. The Labute approximate surface area is 218 Å². The van der Waals surface area contributed by atoms with Crippen molar-refractivity contribution in [3.8, 4) is 11.4 Å². The fraction of sp³-hybridized carbons (Fsp3) is 0.414. The maximum Gasteiger partial charge on any atom is 0.181 e. The molecule has 0 amide bonds. The SMILES string of the molecule is CC(C)(O)C(O)c1ccc(-c2ccc(C(=CC3CCOCC3)c3ccc(S(=O)(=O)C4CC4)cc3)[nH]2)nc1. The Hall–Kier alpha value is -2.78. The number of nitrogens with one attached hydrogen (secondary N) is 1. The number of benzene rings is 1. The van der Waals surface area contributed by atoms with Crippen molar-refractivity contribution in [2.45, 2.75) is 61.4 Å². The van der Waals surface area contributed by atoms with Crippen LogP contribution in [-0.2, 0) is 14.6 Å². The maximum absolute atomic E-state index is 12.7. The normalized spacial score (nSPS) is 18.6. The quantitative estimate of drug-likeness (QED) is 0.396. The minimum absolute atomic E-state index is 0.231. The molecule has 37 heavy (non-hydrogen) atoms. The van der Waals surface area contributed by atoms with Crippen LogP contribution in [0.2, 0.25) is 0 Å². The number of H-pyrrole nitrogens is 1. The molecule has 1 saturated heterocycles. The first-order chi connectivity index (χ1) is 17.6. The summed E-state index contributed by atoms with van der Waals surface area (Å²) >= 11 is 0. The monoisotopic (exact) mass is 522 g/mol. The number of aromatic nitrogens is 2. The van der Waals surface area contributed by atoms with Crippen LogP contribution in [-0.4, -0.2) is 52.7 Å². The summed E-state index contributed by atoms with van der Waals surface area (Å²) in [6.45, 7) is 4.58. The highest BCUT2D eigenvalue weighted by atomic mass is 32.2. The molecule has 0 bridgehead atoms. The average molecular weight is 523 g/mol. The average Bonchev–Trinajstić information content (AvgIpc) is 3.66. The predicted octanol–water partition coefficient (Wildman–Crippen LogP) is 4.68. The fourth-order valence-electron chi connectivity index (χ4n) is 4.69. The largest absolute Gasteiger partial charge is 0.387 e. The van der Waals surface area contributed by atoms with E-state index in [9.17, 15) is 18.6 Å². The van der Waals surface area contributed by atoms with Crippen LogP contribution >= 0.6 is 0 Å². The van der Waals surface area contributed by atoms with Crippen molar-refractivity contribution in [2.75, 3.05) is 13.2 Å². The van der Waals surface area contributed by atoms with Gasteiger partial charge in [-0.3, -0.25) is 4.98 Å². The number of rotatable bonds is 8. The molecule has 1 aliphatic heterocycles. The van der Waals surface area contributed by atoms with Crippen molar-refractivity contribution in [3.63, 3.8) is 0 Å². The number of nitrogens with zero attached hydrogens (tertiary/aromatic N) is 1. The summed E-state index contributed by atoms with van der Waals surface area (Å²) < 4.78 is 30.9. The van der Waals surface area contributed by atoms with Gasteiger partial charge in [-0.1, -0.05) is 24.3 Å². The first-order valence-electron chi connectivity index (χ1n) is 12.8. The highest BCUT2D eigenvalue weighted by Crippen LogP contribution is 2.35. The smallest absolute Gasteiger partial charge is 0.181 e. The maximum atomic E-state index is 12.7. The zero-order valence-electron chi connectivity index (χ0n) is 21.2. The molecule has 196 valence electrons. The Morgan fingerprint density at radius 2 is 1.76 bits per heavy atom. The second-order valence-corrected chi connectivity index (χ2v) is 12.8. The van der Waals surface area contributed by atoms with Gasteiger partial charge in [-0.25, -0.2) is 8.42 Å². The van der Waals surface area contributed by atoms with Gasteiger partial charge in [-0.2, -0.15) is 0 Å². The van der Waals surface area contributed by atoms with Crippen molar-refractivity contribution in [3.05, 3.63) is 77.6 Å². The molecule has 1 unspecified atom stereocenters. The van der Waals surface area contributed by atoms with Gasteiger partial charge in [0.05, 0.1) is 27.1 Å². The van der Waals surface area contributed by atoms with E-state index in [1.807, 2.05) is 30.3 Å². The predicted molar refractivity (Wildman–Crippen MR) is 143 cm³/mol. The van der Waals surface area contributed by atoms with Gasteiger partial charge in [-0.05, 0) is 81.3 Å².